The molecule has 1 heterocycles. The van der Waals surface area contributed by atoms with Crippen LogP contribution in [0, 0.1) is 0 Å². The molecular weight excluding hydrogens is 224 g/mol. The zero-order chi connectivity index (χ0) is 12.1. The minimum atomic E-state index is -0.163. The minimum Gasteiger partial charge on any atom is -0.341 e. The van der Waals surface area contributed by atoms with E-state index in [9.17, 15) is 9.59 Å². The van der Waals surface area contributed by atoms with E-state index in [0.29, 0.717) is 12.1 Å². The topological polar surface area (TPSA) is 42.3 Å². The van der Waals surface area contributed by atoms with Gasteiger partial charge in [-0.15, -0.1) is 0 Å². The van der Waals surface area contributed by atoms with Crippen molar-refractivity contribution >= 4 is 17.7 Å². The molecule has 1 rings (SSSR count). The van der Waals surface area contributed by atoms with Crippen molar-refractivity contribution in [3.8, 4) is 0 Å². The molecule has 0 atom stereocenters. The minimum absolute atomic E-state index is 0.105. The number of rotatable bonds is 4. The van der Waals surface area contributed by atoms with E-state index >= 15 is 0 Å². The van der Waals surface area contributed by atoms with Gasteiger partial charge in [-0.1, -0.05) is 0 Å². The number of carbonyl (C=O) groups excluding carboxylic acids is 1. The maximum atomic E-state index is 11.9. The Kier molecular flexibility index (Phi) is 4.61. The van der Waals surface area contributed by atoms with E-state index in [1.165, 1.54) is 10.6 Å². The van der Waals surface area contributed by atoms with E-state index in [-0.39, 0.29) is 11.5 Å². The van der Waals surface area contributed by atoms with Crippen molar-refractivity contribution in [1.82, 2.24) is 9.47 Å². The van der Waals surface area contributed by atoms with Crippen molar-refractivity contribution in [3.63, 3.8) is 0 Å². The fourth-order valence-corrected chi connectivity index (χ4v) is 1.69. The largest absolute Gasteiger partial charge is 0.341 e. The summed E-state index contributed by atoms with van der Waals surface area (Å²) in [5.74, 6) is 0.791. The number of carbonyl (C=O) groups is 1. The summed E-state index contributed by atoms with van der Waals surface area (Å²) < 4.78 is 1.44. The van der Waals surface area contributed by atoms with Gasteiger partial charge in [-0.05, 0) is 12.3 Å². The monoisotopic (exact) mass is 240 g/mol. The first-order valence-corrected chi connectivity index (χ1v) is 6.36. The maximum Gasteiger partial charge on any atom is 0.253 e. The quantitative estimate of drug-likeness (QED) is 0.782. The summed E-state index contributed by atoms with van der Waals surface area (Å²) in [7, 11) is 3.41. The molecule has 0 aliphatic heterocycles. The standard InChI is InChI=1S/C11H16N2O2S/c1-12-5-4-9(8-10(12)14)11(15)13(2)6-7-16-3/h4-5,8H,6-7H2,1-3H3. The number of amides is 1. The van der Waals surface area contributed by atoms with E-state index in [0.717, 1.165) is 5.75 Å². The Hall–Kier alpha value is -1.23. The number of hydrogen-bond acceptors (Lipinski definition) is 3. The van der Waals surface area contributed by atoms with Crippen LogP contribution in [-0.4, -0.2) is 41.0 Å². The van der Waals surface area contributed by atoms with Gasteiger partial charge in [0.05, 0.1) is 0 Å². The third-order valence-corrected chi connectivity index (χ3v) is 2.92. The molecule has 16 heavy (non-hydrogen) atoms. The molecule has 0 aliphatic rings. The van der Waals surface area contributed by atoms with Crippen molar-refractivity contribution in [2.45, 2.75) is 0 Å². The van der Waals surface area contributed by atoms with Crippen LogP contribution in [-0.2, 0) is 7.05 Å². The van der Waals surface area contributed by atoms with E-state index in [1.54, 1.807) is 43.0 Å². The van der Waals surface area contributed by atoms with Gasteiger partial charge in [0.1, 0.15) is 0 Å². The lowest BCUT2D eigenvalue weighted by Gasteiger charge is -2.16. The molecule has 5 heteroatoms. The van der Waals surface area contributed by atoms with Crippen LogP contribution in [0.4, 0.5) is 0 Å². The molecule has 1 amide bonds. The summed E-state index contributed by atoms with van der Waals surface area (Å²) in [4.78, 5) is 24.9. The molecule has 0 saturated carbocycles. The number of thioether (sulfide) groups is 1. The van der Waals surface area contributed by atoms with Gasteiger partial charge < -0.3 is 9.47 Å². The molecular formula is C11H16N2O2S. The highest BCUT2D eigenvalue weighted by Crippen LogP contribution is 2.01. The Morgan fingerprint density at radius 3 is 2.81 bits per heavy atom. The van der Waals surface area contributed by atoms with E-state index in [4.69, 9.17) is 0 Å². The average molecular weight is 240 g/mol. The molecule has 1 aromatic rings. The second-order valence-corrected chi connectivity index (χ2v) is 4.57. The molecule has 0 spiro atoms. The van der Waals surface area contributed by atoms with Gasteiger partial charge in [0.2, 0.25) is 0 Å². The number of hydrogen-bond donors (Lipinski definition) is 0. The number of nitrogens with zero attached hydrogens (tertiary/aromatic N) is 2. The maximum absolute atomic E-state index is 11.9. The second kappa shape index (κ2) is 5.75. The van der Waals surface area contributed by atoms with Crippen LogP contribution >= 0.6 is 11.8 Å². The summed E-state index contributed by atoms with van der Waals surface area (Å²) in [6.45, 7) is 0.690. The van der Waals surface area contributed by atoms with Crippen LogP contribution in [0.2, 0.25) is 0 Å². The van der Waals surface area contributed by atoms with Gasteiger partial charge in [-0.3, -0.25) is 9.59 Å². The zero-order valence-electron chi connectivity index (χ0n) is 9.77. The molecule has 0 fully saturated rings. The molecule has 88 valence electrons. The average Bonchev–Trinajstić information content (AvgIpc) is 2.28. The van der Waals surface area contributed by atoms with Crippen LogP contribution in [0.25, 0.3) is 0 Å². The Morgan fingerprint density at radius 1 is 1.56 bits per heavy atom. The van der Waals surface area contributed by atoms with E-state index in [2.05, 4.69) is 0 Å². The smallest absolute Gasteiger partial charge is 0.253 e. The lowest BCUT2D eigenvalue weighted by molar-refractivity contribution is 0.0803. The van der Waals surface area contributed by atoms with Gasteiger partial charge in [0.25, 0.3) is 11.5 Å². The summed E-state index contributed by atoms with van der Waals surface area (Å²) in [6, 6.07) is 3.04. The second-order valence-electron chi connectivity index (χ2n) is 3.58. The highest BCUT2D eigenvalue weighted by atomic mass is 32.2. The van der Waals surface area contributed by atoms with Crippen molar-refractivity contribution in [2.75, 3.05) is 25.6 Å². The molecule has 0 N–H and O–H groups in total. The molecule has 0 radical (unpaired) electrons. The highest BCUT2D eigenvalue weighted by Gasteiger charge is 2.11. The summed E-state index contributed by atoms with van der Waals surface area (Å²) >= 11 is 1.69. The van der Waals surface area contributed by atoms with Crippen LogP contribution in [0.3, 0.4) is 0 Å². The Labute approximate surface area is 99.3 Å². The predicted octanol–water partition coefficient (Wildman–Crippen LogP) is 0.820. The molecule has 0 bridgehead atoms. The predicted molar refractivity (Wildman–Crippen MR) is 67.0 cm³/mol. The Balaban J connectivity index is 2.80. The Morgan fingerprint density at radius 2 is 2.25 bits per heavy atom. The third kappa shape index (κ3) is 3.13. The van der Waals surface area contributed by atoms with E-state index in [1.807, 2.05) is 6.26 Å². The van der Waals surface area contributed by atoms with Crippen molar-refractivity contribution in [1.29, 1.82) is 0 Å². The van der Waals surface area contributed by atoms with Crippen molar-refractivity contribution < 1.29 is 4.79 Å². The van der Waals surface area contributed by atoms with Crippen LogP contribution < -0.4 is 5.56 Å². The van der Waals surface area contributed by atoms with Gasteiger partial charge in [0.15, 0.2) is 0 Å². The Bertz CT molecular complexity index is 428. The van der Waals surface area contributed by atoms with Gasteiger partial charge >= 0.3 is 0 Å². The number of pyridine rings is 1. The van der Waals surface area contributed by atoms with Crippen molar-refractivity contribution in [2.24, 2.45) is 7.05 Å². The number of aromatic nitrogens is 1. The van der Waals surface area contributed by atoms with Crippen molar-refractivity contribution in [3.05, 3.63) is 34.2 Å². The van der Waals surface area contributed by atoms with Crippen LogP contribution in [0.1, 0.15) is 10.4 Å². The number of aryl methyl sites for hydroxylation is 1. The third-order valence-electron chi connectivity index (χ3n) is 2.33. The molecule has 0 aliphatic carbocycles. The summed E-state index contributed by atoms with van der Waals surface area (Å²) in [5, 5.41) is 0. The first-order valence-electron chi connectivity index (χ1n) is 4.97. The first-order chi connectivity index (χ1) is 7.56. The fourth-order valence-electron chi connectivity index (χ4n) is 1.23. The summed E-state index contributed by atoms with van der Waals surface area (Å²) in [5.41, 5.74) is 0.288. The molecule has 1 aromatic heterocycles. The molecule has 0 aromatic carbocycles. The van der Waals surface area contributed by atoms with E-state index < -0.39 is 0 Å². The molecule has 4 nitrogen and oxygen atoms in total. The lowest BCUT2D eigenvalue weighted by Crippen LogP contribution is -2.30. The zero-order valence-corrected chi connectivity index (χ0v) is 10.6. The fraction of sp³-hybridized carbons (Fsp3) is 0.455. The SMILES string of the molecule is CSCCN(C)C(=O)c1ccn(C)c(=O)c1. The van der Waals surface area contributed by atoms with Crippen LogP contribution in [0.5, 0.6) is 0 Å². The normalized spacial score (nSPS) is 10.2. The lowest BCUT2D eigenvalue weighted by atomic mass is 10.2. The van der Waals surface area contributed by atoms with Gasteiger partial charge in [0, 0.05) is 44.2 Å². The highest BCUT2D eigenvalue weighted by molar-refractivity contribution is 7.98. The van der Waals surface area contributed by atoms with Crippen LogP contribution in [0.15, 0.2) is 23.1 Å². The first kappa shape index (κ1) is 12.8. The summed E-state index contributed by atoms with van der Waals surface area (Å²) in [6.07, 6.45) is 3.61. The van der Waals surface area contributed by atoms with Gasteiger partial charge in [-0.25, -0.2) is 0 Å². The molecule has 0 saturated heterocycles. The van der Waals surface area contributed by atoms with Gasteiger partial charge in [-0.2, -0.15) is 11.8 Å². The molecule has 0 unspecified atom stereocenters.